The number of hydrogen-bond acceptors (Lipinski definition) is 5. The number of nitrogens with zero attached hydrogens (tertiary/aromatic N) is 3. The van der Waals surface area contributed by atoms with Gasteiger partial charge in [0.05, 0.1) is 13.7 Å². The number of carbonyl (C=O) groups excluding carboxylic acids is 1. The molecule has 1 aromatic heterocycles. The maximum absolute atomic E-state index is 11.9. The van der Waals surface area contributed by atoms with Gasteiger partial charge in [-0.25, -0.2) is 0 Å². The van der Waals surface area contributed by atoms with Crippen LogP contribution in [-0.4, -0.2) is 35.1 Å². The second-order valence-corrected chi connectivity index (χ2v) is 5.21. The normalized spacial score (nSPS) is 14.0. The van der Waals surface area contributed by atoms with Gasteiger partial charge < -0.3 is 14.2 Å². The lowest BCUT2D eigenvalue weighted by molar-refractivity contribution is -0.132. The third-order valence-electron chi connectivity index (χ3n) is 3.49. The van der Waals surface area contributed by atoms with Gasteiger partial charge in [-0.2, -0.15) is 4.98 Å². The van der Waals surface area contributed by atoms with E-state index in [4.69, 9.17) is 9.26 Å². The average molecular weight is 287 g/mol. The summed E-state index contributed by atoms with van der Waals surface area (Å²) in [5.41, 5.74) is 0.849. The largest absolute Gasteiger partial charge is 0.497 e. The molecule has 0 unspecified atom stereocenters. The van der Waals surface area contributed by atoms with E-state index in [0.29, 0.717) is 18.3 Å². The third kappa shape index (κ3) is 3.04. The molecular weight excluding hydrogens is 270 g/mol. The molecule has 110 valence electrons. The highest BCUT2D eigenvalue weighted by atomic mass is 16.5. The lowest BCUT2D eigenvalue weighted by Crippen LogP contribution is -2.27. The lowest BCUT2D eigenvalue weighted by atomic mass is 10.2. The van der Waals surface area contributed by atoms with E-state index in [9.17, 15) is 4.79 Å². The van der Waals surface area contributed by atoms with E-state index in [2.05, 4.69) is 10.1 Å². The van der Waals surface area contributed by atoms with Crippen molar-refractivity contribution in [3.05, 3.63) is 30.2 Å². The monoisotopic (exact) mass is 287 g/mol. The summed E-state index contributed by atoms with van der Waals surface area (Å²) in [5, 5.41) is 3.95. The number of ether oxygens (including phenoxy) is 1. The zero-order valence-electron chi connectivity index (χ0n) is 12.1. The van der Waals surface area contributed by atoms with Crippen molar-refractivity contribution in [2.75, 3.05) is 14.2 Å². The molecule has 1 amide bonds. The first-order valence-electron chi connectivity index (χ1n) is 6.89. The number of methoxy groups -OCH3 is 1. The molecule has 3 rings (SSSR count). The SMILES string of the molecule is COc1ccc(-c2noc(CN(C)C(=O)C3CC3)n2)cc1. The van der Waals surface area contributed by atoms with Crippen molar-refractivity contribution in [3.63, 3.8) is 0 Å². The predicted molar refractivity (Wildman–Crippen MR) is 75.5 cm³/mol. The molecule has 21 heavy (non-hydrogen) atoms. The molecule has 2 aromatic rings. The molecule has 1 aromatic carbocycles. The van der Waals surface area contributed by atoms with Crippen molar-refractivity contribution >= 4 is 5.91 Å². The van der Waals surface area contributed by atoms with Crippen LogP contribution in [0.2, 0.25) is 0 Å². The fourth-order valence-electron chi connectivity index (χ4n) is 2.10. The Balaban J connectivity index is 1.68. The van der Waals surface area contributed by atoms with Crippen molar-refractivity contribution in [2.45, 2.75) is 19.4 Å². The highest BCUT2D eigenvalue weighted by molar-refractivity contribution is 5.80. The highest BCUT2D eigenvalue weighted by Gasteiger charge is 2.32. The molecule has 0 spiro atoms. The van der Waals surface area contributed by atoms with Crippen LogP contribution in [0.15, 0.2) is 28.8 Å². The minimum Gasteiger partial charge on any atom is -0.497 e. The van der Waals surface area contributed by atoms with E-state index < -0.39 is 0 Å². The third-order valence-corrected chi connectivity index (χ3v) is 3.49. The molecule has 0 aliphatic heterocycles. The Hall–Kier alpha value is -2.37. The summed E-state index contributed by atoms with van der Waals surface area (Å²) in [4.78, 5) is 17.8. The van der Waals surface area contributed by atoms with Crippen LogP contribution in [0, 0.1) is 5.92 Å². The zero-order chi connectivity index (χ0) is 14.8. The molecule has 0 radical (unpaired) electrons. The van der Waals surface area contributed by atoms with Crippen molar-refractivity contribution in [2.24, 2.45) is 5.92 Å². The zero-order valence-corrected chi connectivity index (χ0v) is 12.1. The van der Waals surface area contributed by atoms with Gasteiger partial charge in [0.1, 0.15) is 5.75 Å². The van der Waals surface area contributed by atoms with Crippen LogP contribution in [0.1, 0.15) is 18.7 Å². The standard InChI is InChI=1S/C15H17N3O3/c1-18(15(19)11-3-4-11)9-13-16-14(17-21-13)10-5-7-12(20-2)8-6-10/h5-8,11H,3-4,9H2,1-2H3. The summed E-state index contributed by atoms with van der Waals surface area (Å²) >= 11 is 0. The van der Waals surface area contributed by atoms with Gasteiger partial charge in [-0.3, -0.25) is 4.79 Å². The number of benzene rings is 1. The van der Waals surface area contributed by atoms with E-state index in [1.54, 1.807) is 19.1 Å². The van der Waals surface area contributed by atoms with Gasteiger partial charge in [0.15, 0.2) is 0 Å². The van der Waals surface area contributed by atoms with Crippen molar-refractivity contribution in [1.82, 2.24) is 15.0 Å². The van der Waals surface area contributed by atoms with E-state index in [-0.39, 0.29) is 11.8 Å². The summed E-state index contributed by atoms with van der Waals surface area (Å²) in [6.45, 7) is 0.346. The molecule has 6 nitrogen and oxygen atoms in total. The Kier molecular flexibility index (Phi) is 3.60. The molecule has 6 heteroatoms. The van der Waals surface area contributed by atoms with Gasteiger partial charge in [0.25, 0.3) is 0 Å². The van der Waals surface area contributed by atoms with Crippen LogP contribution in [0.5, 0.6) is 5.75 Å². The number of rotatable bonds is 5. The first-order chi connectivity index (χ1) is 10.2. The molecular formula is C15H17N3O3. The first-order valence-corrected chi connectivity index (χ1v) is 6.89. The van der Waals surface area contributed by atoms with E-state index >= 15 is 0 Å². The lowest BCUT2D eigenvalue weighted by Gasteiger charge is -2.13. The van der Waals surface area contributed by atoms with Gasteiger partial charge in [-0.1, -0.05) is 5.16 Å². The second kappa shape index (κ2) is 5.55. The Morgan fingerprint density at radius 1 is 1.38 bits per heavy atom. The Labute approximate surface area is 122 Å². The van der Waals surface area contributed by atoms with Crippen LogP contribution in [0.3, 0.4) is 0 Å². The Bertz CT molecular complexity index is 632. The summed E-state index contributed by atoms with van der Waals surface area (Å²) in [5.74, 6) is 2.08. The van der Waals surface area contributed by atoms with E-state index in [0.717, 1.165) is 24.2 Å². The van der Waals surface area contributed by atoms with Crippen LogP contribution < -0.4 is 4.74 Å². The fourth-order valence-corrected chi connectivity index (χ4v) is 2.10. The first kappa shape index (κ1) is 13.6. The minimum atomic E-state index is 0.152. The molecule has 1 aliphatic carbocycles. The van der Waals surface area contributed by atoms with Crippen molar-refractivity contribution in [1.29, 1.82) is 0 Å². The number of amides is 1. The maximum atomic E-state index is 11.9. The summed E-state index contributed by atoms with van der Waals surface area (Å²) in [7, 11) is 3.38. The molecule has 0 atom stereocenters. The maximum Gasteiger partial charge on any atom is 0.246 e. The molecule has 1 fully saturated rings. The summed E-state index contributed by atoms with van der Waals surface area (Å²) in [6, 6.07) is 7.42. The number of aromatic nitrogens is 2. The van der Waals surface area contributed by atoms with E-state index in [1.165, 1.54) is 0 Å². The van der Waals surface area contributed by atoms with E-state index in [1.807, 2.05) is 24.3 Å². The van der Waals surface area contributed by atoms with Gasteiger partial charge in [-0.05, 0) is 37.1 Å². The quantitative estimate of drug-likeness (QED) is 0.842. The summed E-state index contributed by atoms with van der Waals surface area (Å²) < 4.78 is 10.3. The Morgan fingerprint density at radius 3 is 2.71 bits per heavy atom. The molecule has 0 bridgehead atoms. The van der Waals surface area contributed by atoms with Crippen LogP contribution in [0.4, 0.5) is 0 Å². The molecule has 1 aliphatic rings. The number of hydrogen-bond donors (Lipinski definition) is 0. The predicted octanol–water partition coefficient (Wildman–Crippen LogP) is 2.11. The summed E-state index contributed by atoms with van der Waals surface area (Å²) in [6.07, 6.45) is 1.98. The fraction of sp³-hybridized carbons (Fsp3) is 0.400. The van der Waals surface area contributed by atoms with Gasteiger partial charge in [-0.15, -0.1) is 0 Å². The van der Waals surface area contributed by atoms with Crippen LogP contribution in [0.25, 0.3) is 11.4 Å². The molecule has 0 N–H and O–H groups in total. The second-order valence-electron chi connectivity index (χ2n) is 5.21. The molecule has 1 heterocycles. The van der Waals surface area contributed by atoms with Crippen molar-refractivity contribution in [3.8, 4) is 17.1 Å². The minimum absolute atomic E-state index is 0.152. The van der Waals surface area contributed by atoms with Crippen LogP contribution in [-0.2, 0) is 11.3 Å². The van der Waals surface area contributed by atoms with Gasteiger partial charge in [0, 0.05) is 18.5 Å². The Morgan fingerprint density at radius 2 is 2.10 bits per heavy atom. The molecule has 0 saturated heterocycles. The smallest absolute Gasteiger partial charge is 0.246 e. The van der Waals surface area contributed by atoms with Gasteiger partial charge in [0.2, 0.25) is 17.6 Å². The van der Waals surface area contributed by atoms with Crippen molar-refractivity contribution < 1.29 is 14.1 Å². The highest BCUT2D eigenvalue weighted by Crippen LogP contribution is 2.31. The number of carbonyl (C=O) groups is 1. The molecule has 1 saturated carbocycles. The van der Waals surface area contributed by atoms with Gasteiger partial charge >= 0.3 is 0 Å². The topological polar surface area (TPSA) is 68.5 Å². The average Bonchev–Trinajstić information content (AvgIpc) is 3.26. The van der Waals surface area contributed by atoms with Crippen LogP contribution >= 0.6 is 0 Å².